The zero-order valence-corrected chi connectivity index (χ0v) is 15.9. The highest BCUT2D eigenvalue weighted by atomic mass is 16.4. The summed E-state index contributed by atoms with van der Waals surface area (Å²) < 4.78 is 0. The van der Waals surface area contributed by atoms with Crippen LogP contribution in [0.1, 0.15) is 58.8 Å². The second-order valence-corrected chi connectivity index (χ2v) is 7.84. The molecule has 2 unspecified atom stereocenters. The van der Waals surface area contributed by atoms with E-state index < -0.39 is 12.1 Å². The van der Waals surface area contributed by atoms with Gasteiger partial charge in [0.15, 0.2) is 0 Å². The first-order valence-electron chi connectivity index (χ1n) is 9.76. The number of rotatable bonds is 8. The molecule has 0 radical (unpaired) electrons. The first-order chi connectivity index (χ1) is 12.4. The molecule has 0 saturated heterocycles. The quantitative estimate of drug-likeness (QED) is 0.351. The van der Waals surface area contributed by atoms with E-state index in [4.69, 9.17) is 5.11 Å². The van der Waals surface area contributed by atoms with Gasteiger partial charge in [-0.25, -0.2) is 0 Å². The Labute approximate surface area is 157 Å². The third-order valence-electron chi connectivity index (χ3n) is 5.85. The Balaban J connectivity index is 1.89. The number of carboxylic acid groups (broad SMARTS) is 1. The van der Waals surface area contributed by atoms with Crippen molar-refractivity contribution in [3.63, 3.8) is 0 Å². The Morgan fingerprint density at radius 2 is 2.15 bits per heavy atom. The van der Waals surface area contributed by atoms with Gasteiger partial charge in [0.1, 0.15) is 0 Å². The molecule has 4 heteroatoms. The summed E-state index contributed by atoms with van der Waals surface area (Å²) in [6.45, 7) is 3.79. The maximum Gasteiger partial charge on any atom is 0.303 e. The van der Waals surface area contributed by atoms with E-state index in [-0.39, 0.29) is 24.4 Å². The summed E-state index contributed by atoms with van der Waals surface area (Å²) in [5, 5.41) is 29.4. The van der Waals surface area contributed by atoms with Crippen LogP contribution in [0.5, 0.6) is 0 Å². The minimum Gasteiger partial charge on any atom is -0.481 e. The van der Waals surface area contributed by atoms with Crippen molar-refractivity contribution in [1.82, 2.24) is 0 Å². The molecule has 4 nitrogen and oxygen atoms in total. The summed E-state index contributed by atoms with van der Waals surface area (Å²) >= 11 is 0. The lowest BCUT2D eigenvalue weighted by atomic mass is 9.89. The zero-order valence-electron chi connectivity index (χ0n) is 15.9. The monoisotopic (exact) mass is 360 g/mol. The molecule has 0 aromatic heterocycles. The number of fused-ring (bicyclic) bond motifs is 1. The Morgan fingerprint density at radius 1 is 1.38 bits per heavy atom. The number of aliphatic hydroxyl groups excluding tert-OH is 2. The Bertz CT molecular complexity index is 595. The summed E-state index contributed by atoms with van der Waals surface area (Å²) in [6.07, 6.45) is 10.4. The maximum absolute atomic E-state index is 10.6. The van der Waals surface area contributed by atoms with Crippen LogP contribution in [-0.2, 0) is 4.79 Å². The predicted octanol–water partition coefficient (Wildman–Crippen LogP) is 3.54. The highest BCUT2D eigenvalue weighted by Crippen LogP contribution is 2.50. The standard InChI is InChI=1S/C22H32O4/c1-3-4-7-15(2)20(23)11-10-18-19-13-16(8-5-6-9-22(25)26)12-17(19)14-21(18)24/h8,10-11,15,17-21,23-24H,5-7,9,12-14H2,1-2H3,(H,25,26)/b11-10+,16-8-/t15?,17-,18?,19-,20+,21+/m0/s1. The van der Waals surface area contributed by atoms with E-state index >= 15 is 0 Å². The number of carboxylic acids is 1. The molecule has 0 heterocycles. The van der Waals surface area contributed by atoms with Gasteiger partial charge in [0.2, 0.25) is 0 Å². The fraction of sp³-hybridized carbons (Fsp3) is 0.682. The van der Waals surface area contributed by atoms with Gasteiger partial charge in [-0.3, -0.25) is 4.79 Å². The van der Waals surface area contributed by atoms with Crippen LogP contribution in [0.3, 0.4) is 0 Å². The van der Waals surface area contributed by atoms with Crippen LogP contribution in [-0.4, -0.2) is 33.5 Å². The van der Waals surface area contributed by atoms with E-state index in [9.17, 15) is 15.0 Å². The SMILES string of the molecule is CC#CCC(C)[C@H](O)/C=C/C1[C@H](O)C[C@@H]2C/C(=C/CCCC(=O)O)C[C@H]12. The lowest BCUT2D eigenvalue weighted by molar-refractivity contribution is -0.137. The Morgan fingerprint density at radius 3 is 2.85 bits per heavy atom. The molecule has 2 aliphatic carbocycles. The lowest BCUT2D eigenvalue weighted by Gasteiger charge is -2.19. The second-order valence-electron chi connectivity index (χ2n) is 7.84. The number of aliphatic carboxylic acids is 1. The highest BCUT2D eigenvalue weighted by Gasteiger charge is 2.44. The van der Waals surface area contributed by atoms with Gasteiger partial charge in [0, 0.05) is 18.8 Å². The third-order valence-corrected chi connectivity index (χ3v) is 5.85. The smallest absolute Gasteiger partial charge is 0.303 e. The van der Waals surface area contributed by atoms with Crippen molar-refractivity contribution < 1.29 is 20.1 Å². The second kappa shape index (κ2) is 9.94. The summed E-state index contributed by atoms with van der Waals surface area (Å²) in [4.78, 5) is 10.6. The number of hydrogen-bond acceptors (Lipinski definition) is 3. The molecule has 2 fully saturated rings. The topological polar surface area (TPSA) is 77.8 Å². The fourth-order valence-corrected chi connectivity index (χ4v) is 4.31. The first-order valence-corrected chi connectivity index (χ1v) is 9.76. The maximum atomic E-state index is 10.6. The third kappa shape index (κ3) is 5.72. The summed E-state index contributed by atoms with van der Waals surface area (Å²) in [5.41, 5.74) is 1.41. The number of hydrogen-bond donors (Lipinski definition) is 3. The van der Waals surface area contributed by atoms with Crippen molar-refractivity contribution in [3.05, 3.63) is 23.8 Å². The number of allylic oxidation sites excluding steroid dienone is 2. The molecule has 2 saturated carbocycles. The molecule has 144 valence electrons. The van der Waals surface area contributed by atoms with Crippen LogP contribution in [0.15, 0.2) is 23.8 Å². The molecule has 0 aromatic carbocycles. The van der Waals surface area contributed by atoms with Crippen molar-refractivity contribution in [3.8, 4) is 11.8 Å². The van der Waals surface area contributed by atoms with Crippen LogP contribution >= 0.6 is 0 Å². The van der Waals surface area contributed by atoms with Gasteiger partial charge in [-0.05, 0) is 56.8 Å². The molecule has 26 heavy (non-hydrogen) atoms. The van der Waals surface area contributed by atoms with Gasteiger partial charge in [-0.2, -0.15) is 0 Å². The number of unbranched alkanes of at least 4 members (excludes halogenated alkanes) is 1. The minimum absolute atomic E-state index is 0.0845. The molecule has 0 amide bonds. The highest BCUT2D eigenvalue weighted by molar-refractivity contribution is 5.66. The van der Waals surface area contributed by atoms with Crippen LogP contribution in [0, 0.1) is 35.5 Å². The molecule has 3 N–H and O–H groups in total. The molecule has 0 aromatic rings. The summed E-state index contributed by atoms with van der Waals surface area (Å²) in [7, 11) is 0. The lowest BCUT2D eigenvalue weighted by Crippen LogP contribution is -2.19. The van der Waals surface area contributed by atoms with Crippen molar-refractivity contribution >= 4 is 5.97 Å². The number of aliphatic hydroxyl groups is 2. The van der Waals surface area contributed by atoms with Crippen molar-refractivity contribution in [1.29, 1.82) is 0 Å². The summed E-state index contributed by atoms with van der Waals surface area (Å²) in [5.74, 6) is 6.25. The van der Waals surface area contributed by atoms with E-state index in [1.807, 2.05) is 19.1 Å². The van der Waals surface area contributed by atoms with Crippen molar-refractivity contribution in [2.45, 2.75) is 71.0 Å². The Kier molecular flexibility index (Phi) is 7.93. The van der Waals surface area contributed by atoms with Gasteiger partial charge in [0.25, 0.3) is 0 Å². The minimum atomic E-state index is -0.738. The fourth-order valence-electron chi connectivity index (χ4n) is 4.31. The van der Waals surface area contributed by atoms with Gasteiger partial charge in [0.05, 0.1) is 12.2 Å². The average Bonchev–Trinajstić information content (AvgIpc) is 3.10. The molecule has 0 spiro atoms. The van der Waals surface area contributed by atoms with Crippen LogP contribution < -0.4 is 0 Å². The first kappa shape index (κ1) is 20.7. The number of carbonyl (C=O) groups is 1. The average molecular weight is 360 g/mol. The zero-order chi connectivity index (χ0) is 19.1. The van der Waals surface area contributed by atoms with Crippen molar-refractivity contribution in [2.24, 2.45) is 23.7 Å². The Hall–Kier alpha value is -1.57. The largest absolute Gasteiger partial charge is 0.481 e. The van der Waals surface area contributed by atoms with E-state index in [1.165, 1.54) is 5.57 Å². The van der Waals surface area contributed by atoms with E-state index in [2.05, 4.69) is 17.9 Å². The van der Waals surface area contributed by atoms with E-state index in [0.717, 1.165) is 25.7 Å². The van der Waals surface area contributed by atoms with Crippen molar-refractivity contribution in [2.75, 3.05) is 0 Å². The van der Waals surface area contributed by atoms with Gasteiger partial charge < -0.3 is 15.3 Å². The molecule has 0 bridgehead atoms. The van der Waals surface area contributed by atoms with Gasteiger partial charge in [-0.1, -0.05) is 30.7 Å². The van der Waals surface area contributed by atoms with E-state index in [1.54, 1.807) is 6.92 Å². The van der Waals surface area contributed by atoms with Crippen LogP contribution in [0.4, 0.5) is 0 Å². The molecular weight excluding hydrogens is 328 g/mol. The molecular formula is C22H32O4. The van der Waals surface area contributed by atoms with Gasteiger partial charge in [-0.15, -0.1) is 11.8 Å². The van der Waals surface area contributed by atoms with Crippen LogP contribution in [0.25, 0.3) is 0 Å². The summed E-state index contributed by atoms with van der Waals surface area (Å²) in [6, 6.07) is 0. The molecule has 0 aliphatic heterocycles. The normalized spacial score (nSPS) is 31.6. The van der Waals surface area contributed by atoms with Gasteiger partial charge >= 0.3 is 5.97 Å². The molecule has 2 aliphatic rings. The predicted molar refractivity (Wildman–Crippen MR) is 102 cm³/mol. The van der Waals surface area contributed by atoms with Crippen LogP contribution in [0.2, 0.25) is 0 Å². The molecule has 2 rings (SSSR count). The molecule has 6 atom stereocenters. The van der Waals surface area contributed by atoms with E-state index in [0.29, 0.717) is 24.7 Å².